The van der Waals surface area contributed by atoms with E-state index >= 15 is 0 Å². The van der Waals surface area contributed by atoms with Gasteiger partial charge in [0.2, 0.25) is 10.0 Å². The molecule has 6 heteroatoms. The van der Waals surface area contributed by atoms with Crippen LogP contribution in [0.15, 0.2) is 29.2 Å². The number of aliphatic hydroxyl groups is 1. The number of piperidine rings is 1. The third-order valence-corrected chi connectivity index (χ3v) is 5.53. The molecule has 2 rings (SSSR count). The fraction of sp³-hybridized carbons (Fsp3) is 0.467. The summed E-state index contributed by atoms with van der Waals surface area (Å²) in [5, 5.41) is 9.70. The molecule has 0 aliphatic carbocycles. The Hall–Kier alpha value is -1.39. The van der Waals surface area contributed by atoms with Crippen molar-refractivity contribution in [3.8, 4) is 11.8 Å². The molecule has 0 amide bonds. The quantitative estimate of drug-likeness (QED) is 0.774. The highest BCUT2D eigenvalue weighted by molar-refractivity contribution is 7.89. The monoisotopic (exact) mass is 308 g/mol. The molecule has 3 N–H and O–H groups in total. The van der Waals surface area contributed by atoms with Gasteiger partial charge in [-0.05, 0) is 36.6 Å². The summed E-state index contributed by atoms with van der Waals surface area (Å²) in [4.78, 5) is 0.254. The molecule has 1 aliphatic rings. The predicted octanol–water partition coefficient (Wildman–Crippen LogP) is 0.388. The fourth-order valence-corrected chi connectivity index (χ4v) is 3.88. The largest absolute Gasteiger partial charge is 0.393 e. The van der Waals surface area contributed by atoms with E-state index in [0.717, 1.165) is 5.56 Å². The van der Waals surface area contributed by atoms with Crippen molar-refractivity contribution in [1.29, 1.82) is 0 Å². The number of nitrogens with zero attached hydrogens (tertiary/aromatic N) is 1. The SMILES string of the molecule is CC1CN(S(=O)(=O)c2ccc(C#CCN)cc2)CCC1O. The molecule has 114 valence electrons. The Kier molecular flexibility index (Phi) is 5.01. The second-order valence-corrected chi connectivity index (χ2v) is 7.16. The number of rotatable bonds is 2. The van der Waals surface area contributed by atoms with Crippen LogP contribution in [-0.4, -0.2) is 43.6 Å². The van der Waals surface area contributed by atoms with Gasteiger partial charge >= 0.3 is 0 Å². The maximum Gasteiger partial charge on any atom is 0.243 e. The van der Waals surface area contributed by atoms with E-state index in [0.29, 0.717) is 19.5 Å². The van der Waals surface area contributed by atoms with Crippen molar-refractivity contribution in [3.63, 3.8) is 0 Å². The zero-order chi connectivity index (χ0) is 15.5. The first-order chi connectivity index (χ1) is 9.95. The van der Waals surface area contributed by atoms with E-state index < -0.39 is 16.1 Å². The number of hydrogen-bond acceptors (Lipinski definition) is 4. The van der Waals surface area contributed by atoms with E-state index in [9.17, 15) is 13.5 Å². The molecule has 0 saturated carbocycles. The van der Waals surface area contributed by atoms with E-state index in [1.165, 1.54) is 4.31 Å². The molecule has 1 aromatic rings. The van der Waals surface area contributed by atoms with E-state index in [4.69, 9.17) is 5.73 Å². The first-order valence-electron chi connectivity index (χ1n) is 6.92. The zero-order valence-electron chi connectivity index (χ0n) is 12.0. The van der Waals surface area contributed by atoms with Gasteiger partial charge < -0.3 is 10.8 Å². The summed E-state index contributed by atoms with van der Waals surface area (Å²) in [6.07, 6.45) is 0.0471. The van der Waals surface area contributed by atoms with Gasteiger partial charge in [-0.25, -0.2) is 8.42 Å². The Morgan fingerprint density at radius 1 is 1.38 bits per heavy atom. The Bertz CT molecular complexity index is 644. The molecule has 0 bridgehead atoms. The number of benzene rings is 1. The number of hydrogen-bond donors (Lipinski definition) is 2. The Morgan fingerprint density at radius 2 is 2.05 bits per heavy atom. The van der Waals surface area contributed by atoms with Gasteiger partial charge in [0.15, 0.2) is 0 Å². The van der Waals surface area contributed by atoms with E-state index in [1.807, 2.05) is 6.92 Å². The van der Waals surface area contributed by atoms with Crippen molar-refractivity contribution in [3.05, 3.63) is 29.8 Å². The third-order valence-electron chi connectivity index (χ3n) is 3.65. The summed E-state index contributed by atoms with van der Waals surface area (Å²) in [7, 11) is -3.51. The second-order valence-electron chi connectivity index (χ2n) is 5.23. The maximum atomic E-state index is 12.6. The molecule has 1 heterocycles. The average Bonchev–Trinajstić information content (AvgIpc) is 2.48. The van der Waals surface area contributed by atoms with Crippen molar-refractivity contribution < 1.29 is 13.5 Å². The maximum absolute atomic E-state index is 12.6. The van der Waals surface area contributed by atoms with Crippen LogP contribution in [0.5, 0.6) is 0 Å². The van der Waals surface area contributed by atoms with Crippen molar-refractivity contribution >= 4 is 10.0 Å². The second kappa shape index (κ2) is 6.58. The first kappa shape index (κ1) is 16.0. The van der Waals surface area contributed by atoms with Crippen LogP contribution in [0.4, 0.5) is 0 Å². The van der Waals surface area contributed by atoms with Gasteiger partial charge in [-0.15, -0.1) is 0 Å². The minimum Gasteiger partial charge on any atom is -0.393 e. The van der Waals surface area contributed by atoms with Crippen LogP contribution < -0.4 is 5.73 Å². The molecule has 1 fully saturated rings. The molecule has 2 atom stereocenters. The lowest BCUT2D eigenvalue weighted by Gasteiger charge is -2.33. The molecule has 1 aliphatic heterocycles. The minimum absolute atomic E-state index is 0.0526. The summed E-state index contributed by atoms with van der Waals surface area (Å²) in [6.45, 7) is 2.83. The number of nitrogens with two attached hydrogens (primary N) is 1. The van der Waals surface area contributed by atoms with E-state index in [1.54, 1.807) is 24.3 Å². The van der Waals surface area contributed by atoms with Crippen molar-refractivity contribution in [2.75, 3.05) is 19.6 Å². The number of sulfonamides is 1. The van der Waals surface area contributed by atoms with Gasteiger partial charge in [-0.2, -0.15) is 4.31 Å². The average molecular weight is 308 g/mol. The first-order valence-corrected chi connectivity index (χ1v) is 8.36. The summed E-state index contributed by atoms with van der Waals surface area (Å²) in [6, 6.07) is 6.48. The summed E-state index contributed by atoms with van der Waals surface area (Å²) >= 11 is 0. The molecule has 1 saturated heterocycles. The third kappa shape index (κ3) is 3.63. The standard InChI is InChI=1S/C15H20N2O3S/c1-12-11-17(10-8-15(12)18)21(19,20)14-6-4-13(5-7-14)3-2-9-16/h4-7,12,15,18H,8-11,16H2,1H3. The van der Waals surface area contributed by atoms with Gasteiger partial charge in [0.05, 0.1) is 17.5 Å². The van der Waals surface area contributed by atoms with Crippen molar-refractivity contribution in [1.82, 2.24) is 4.31 Å². The fourth-order valence-electron chi connectivity index (χ4n) is 2.33. The molecular formula is C15H20N2O3S. The molecule has 1 aromatic carbocycles. The van der Waals surface area contributed by atoms with Gasteiger partial charge in [0.25, 0.3) is 0 Å². The molecule has 2 unspecified atom stereocenters. The number of aliphatic hydroxyl groups excluding tert-OH is 1. The van der Waals surface area contributed by atoms with Crippen molar-refractivity contribution in [2.24, 2.45) is 11.7 Å². The summed E-state index contributed by atoms with van der Waals surface area (Å²) in [5.74, 6) is 5.53. The van der Waals surface area contributed by atoms with Crippen LogP contribution in [0.2, 0.25) is 0 Å². The van der Waals surface area contributed by atoms with Gasteiger partial charge in [0.1, 0.15) is 0 Å². The molecule has 21 heavy (non-hydrogen) atoms. The van der Waals surface area contributed by atoms with E-state index in [-0.39, 0.29) is 17.4 Å². The lowest BCUT2D eigenvalue weighted by Crippen LogP contribution is -2.44. The minimum atomic E-state index is -3.51. The topological polar surface area (TPSA) is 83.6 Å². The molecule has 0 spiro atoms. The lowest BCUT2D eigenvalue weighted by molar-refractivity contribution is 0.0628. The highest BCUT2D eigenvalue weighted by Crippen LogP contribution is 2.23. The van der Waals surface area contributed by atoms with Crippen LogP contribution in [0, 0.1) is 17.8 Å². The Balaban J connectivity index is 2.20. The van der Waals surface area contributed by atoms with Crippen molar-refractivity contribution in [2.45, 2.75) is 24.3 Å². The smallest absolute Gasteiger partial charge is 0.243 e. The van der Waals surface area contributed by atoms with Crippen LogP contribution in [0.25, 0.3) is 0 Å². The molecule has 0 radical (unpaired) electrons. The van der Waals surface area contributed by atoms with Gasteiger partial charge in [-0.3, -0.25) is 0 Å². The van der Waals surface area contributed by atoms with Crippen LogP contribution in [-0.2, 0) is 10.0 Å². The predicted molar refractivity (Wildman–Crippen MR) is 80.9 cm³/mol. The molecular weight excluding hydrogens is 288 g/mol. The van der Waals surface area contributed by atoms with E-state index in [2.05, 4.69) is 11.8 Å². The summed E-state index contributed by atoms with van der Waals surface area (Å²) in [5.41, 5.74) is 6.04. The van der Waals surface area contributed by atoms with Crippen LogP contribution in [0.1, 0.15) is 18.9 Å². The lowest BCUT2D eigenvalue weighted by atomic mass is 9.99. The highest BCUT2D eigenvalue weighted by Gasteiger charge is 2.32. The molecule has 5 nitrogen and oxygen atoms in total. The Labute approximate surface area is 125 Å². The van der Waals surface area contributed by atoms with Gasteiger partial charge in [-0.1, -0.05) is 18.8 Å². The summed E-state index contributed by atoms with van der Waals surface area (Å²) < 4.78 is 26.5. The Morgan fingerprint density at radius 3 is 2.62 bits per heavy atom. The van der Waals surface area contributed by atoms with Crippen LogP contribution >= 0.6 is 0 Å². The zero-order valence-corrected chi connectivity index (χ0v) is 12.8. The molecule has 0 aromatic heterocycles. The normalized spacial score (nSPS) is 23.4. The highest BCUT2D eigenvalue weighted by atomic mass is 32.2. The van der Waals surface area contributed by atoms with Gasteiger partial charge in [0, 0.05) is 18.7 Å². The van der Waals surface area contributed by atoms with Crippen LogP contribution in [0.3, 0.4) is 0 Å².